The van der Waals surface area contributed by atoms with Crippen LogP contribution in [0.25, 0.3) is 0 Å². The minimum absolute atomic E-state index is 0.166. The molecule has 0 saturated heterocycles. The van der Waals surface area contributed by atoms with Crippen molar-refractivity contribution < 1.29 is 17.9 Å². The van der Waals surface area contributed by atoms with Crippen molar-refractivity contribution >= 4 is 33.2 Å². The maximum absolute atomic E-state index is 12.8. The van der Waals surface area contributed by atoms with Crippen molar-refractivity contribution in [1.82, 2.24) is 5.32 Å². The lowest BCUT2D eigenvalue weighted by atomic mass is 9.99. The molecule has 4 aromatic rings. The molecule has 37 heavy (non-hydrogen) atoms. The van der Waals surface area contributed by atoms with Gasteiger partial charge in [-0.25, -0.2) is 8.42 Å². The predicted octanol–water partition coefficient (Wildman–Crippen LogP) is 5.59. The van der Waals surface area contributed by atoms with Crippen molar-refractivity contribution in [2.75, 3.05) is 17.2 Å². The molecule has 1 N–H and O–H groups in total. The zero-order valence-corrected chi connectivity index (χ0v) is 21.8. The van der Waals surface area contributed by atoms with Gasteiger partial charge in [-0.1, -0.05) is 84.4 Å². The number of benzene rings is 4. The lowest BCUT2D eigenvalue weighted by molar-refractivity contribution is -0.123. The molecule has 8 heteroatoms. The van der Waals surface area contributed by atoms with Crippen LogP contribution in [0.2, 0.25) is 5.02 Å². The van der Waals surface area contributed by atoms with Crippen LogP contribution >= 0.6 is 11.6 Å². The summed E-state index contributed by atoms with van der Waals surface area (Å²) in [5, 5.41) is 3.62. The molecular formula is C29H27ClN2O4S. The second kappa shape index (κ2) is 12.0. The highest BCUT2D eigenvalue weighted by Gasteiger charge is 2.19. The second-order valence-corrected chi connectivity index (χ2v) is 10.8. The number of amides is 1. The van der Waals surface area contributed by atoms with Gasteiger partial charge >= 0.3 is 0 Å². The van der Waals surface area contributed by atoms with E-state index in [1.807, 2.05) is 60.7 Å². The maximum atomic E-state index is 12.8. The molecule has 0 aliphatic rings. The van der Waals surface area contributed by atoms with Crippen molar-refractivity contribution in [3.05, 3.63) is 131 Å². The lowest BCUT2D eigenvalue weighted by Gasteiger charge is -2.23. The normalized spacial score (nSPS) is 11.2. The van der Waals surface area contributed by atoms with Crippen LogP contribution in [-0.4, -0.2) is 27.2 Å². The first-order valence-electron chi connectivity index (χ1n) is 11.6. The summed E-state index contributed by atoms with van der Waals surface area (Å²) >= 11 is 5.94. The predicted molar refractivity (Wildman–Crippen MR) is 147 cm³/mol. The van der Waals surface area contributed by atoms with Crippen LogP contribution in [0.5, 0.6) is 5.75 Å². The summed E-state index contributed by atoms with van der Waals surface area (Å²) in [5.74, 6) is 0.178. The second-order valence-electron chi connectivity index (χ2n) is 8.50. The van der Waals surface area contributed by atoms with Gasteiger partial charge in [0.05, 0.1) is 24.5 Å². The third kappa shape index (κ3) is 7.35. The van der Waals surface area contributed by atoms with E-state index in [9.17, 15) is 13.2 Å². The van der Waals surface area contributed by atoms with Gasteiger partial charge in [-0.2, -0.15) is 0 Å². The molecule has 1 amide bonds. The van der Waals surface area contributed by atoms with Gasteiger partial charge in [0.15, 0.2) is 6.61 Å². The van der Waals surface area contributed by atoms with Crippen molar-refractivity contribution in [3.63, 3.8) is 0 Å². The highest BCUT2D eigenvalue weighted by atomic mass is 35.5. The summed E-state index contributed by atoms with van der Waals surface area (Å²) in [4.78, 5) is 12.8. The van der Waals surface area contributed by atoms with Crippen molar-refractivity contribution in [1.29, 1.82) is 0 Å². The van der Waals surface area contributed by atoms with Crippen LogP contribution in [0.1, 0.15) is 22.7 Å². The molecule has 0 spiro atoms. The van der Waals surface area contributed by atoms with Gasteiger partial charge in [0, 0.05) is 5.02 Å². The number of anilines is 1. The summed E-state index contributed by atoms with van der Waals surface area (Å²) < 4.78 is 31.9. The molecule has 0 unspecified atom stereocenters. The molecule has 4 rings (SSSR count). The molecule has 0 saturated carbocycles. The molecule has 0 aliphatic carbocycles. The maximum Gasteiger partial charge on any atom is 0.258 e. The average molecular weight is 535 g/mol. The van der Waals surface area contributed by atoms with Gasteiger partial charge in [-0.15, -0.1) is 0 Å². The Bertz CT molecular complexity index is 1370. The largest absolute Gasteiger partial charge is 0.484 e. The quantitative estimate of drug-likeness (QED) is 0.288. The molecule has 0 fully saturated rings. The zero-order valence-electron chi connectivity index (χ0n) is 20.3. The number of ether oxygens (including phenoxy) is 1. The van der Waals surface area contributed by atoms with E-state index in [-0.39, 0.29) is 25.1 Å². The number of nitrogens with zero attached hydrogens (tertiary/aromatic N) is 1. The first-order chi connectivity index (χ1) is 17.8. The van der Waals surface area contributed by atoms with E-state index < -0.39 is 10.0 Å². The van der Waals surface area contributed by atoms with E-state index in [1.54, 1.807) is 48.5 Å². The van der Waals surface area contributed by atoms with Gasteiger partial charge in [-0.3, -0.25) is 9.10 Å². The fourth-order valence-corrected chi connectivity index (χ4v) is 4.88. The Labute approximate surface area is 222 Å². The van der Waals surface area contributed by atoms with Gasteiger partial charge in [0.1, 0.15) is 5.75 Å². The van der Waals surface area contributed by atoms with Gasteiger partial charge in [-0.05, 0) is 53.1 Å². The van der Waals surface area contributed by atoms with Gasteiger partial charge < -0.3 is 10.1 Å². The number of nitrogens with one attached hydrogen (secondary N) is 1. The van der Waals surface area contributed by atoms with E-state index >= 15 is 0 Å². The van der Waals surface area contributed by atoms with Crippen LogP contribution < -0.4 is 14.4 Å². The van der Waals surface area contributed by atoms with Crippen molar-refractivity contribution in [2.24, 2.45) is 0 Å². The summed E-state index contributed by atoms with van der Waals surface area (Å²) in [6.07, 6.45) is 1.16. The molecule has 6 nitrogen and oxygen atoms in total. The van der Waals surface area contributed by atoms with Gasteiger partial charge in [0.2, 0.25) is 10.0 Å². The van der Waals surface area contributed by atoms with Crippen LogP contribution in [0.4, 0.5) is 5.69 Å². The third-order valence-corrected chi connectivity index (χ3v) is 7.10. The van der Waals surface area contributed by atoms with Gasteiger partial charge in [0.25, 0.3) is 5.91 Å². The van der Waals surface area contributed by atoms with Crippen LogP contribution in [-0.2, 0) is 21.4 Å². The molecule has 0 bridgehead atoms. The number of hydrogen-bond acceptors (Lipinski definition) is 4. The topological polar surface area (TPSA) is 75.7 Å². The molecule has 0 atom stereocenters. The molecule has 4 aromatic carbocycles. The van der Waals surface area contributed by atoms with Crippen LogP contribution in [0, 0.1) is 0 Å². The minimum Gasteiger partial charge on any atom is -0.484 e. The summed E-state index contributed by atoms with van der Waals surface area (Å²) in [5.41, 5.74) is 3.22. The summed E-state index contributed by atoms with van der Waals surface area (Å²) in [7, 11) is -3.54. The first-order valence-corrected chi connectivity index (χ1v) is 13.9. The third-order valence-electron chi connectivity index (χ3n) is 5.71. The van der Waals surface area contributed by atoms with E-state index in [0.717, 1.165) is 22.9 Å². The molecule has 190 valence electrons. The molecular weight excluding hydrogens is 508 g/mol. The highest BCUT2D eigenvalue weighted by Crippen LogP contribution is 2.25. The molecule has 0 aromatic heterocycles. The summed E-state index contributed by atoms with van der Waals surface area (Å²) in [6.45, 7) is -0.0188. The fourth-order valence-electron chi connectivity index (χ4n) is 3.87. The van der Waals surface area contributed by atoms with Crippen molar-refractivity contribution in [2.45, 2.75) is 12.6 Å². The Balaban J connectivity index is 1.41. The standard InChI is InChI=1S/C29H27ClN2O4S/c1-37(34,35)32(20-22-12-14-25(30)15-13-22)26-16-18-27(19-17-26)36-21-28(33)31-29(23-8-4-2-5-9-23)24-10-6-3-7-11-24/h2-19,29H,20-21H2,1H3,(H,31,33). The average Bonchev–Trinajstić information content (AvgIpc) is 2.91. The Kier molecular flexibility index (Phi) is 8.48. The molecule has 0 aliphatic heterocycles. The number of hydrogen-bond donors (Lipinski definition) is 1. The Morgan fingerprint density at radius 2 is 1.38 bits per heavy atom. The number of halogens is 1. The Hall–Kier alpha value is -3.81. The monoisotopic (exact) mass is 534 g/mol. The van der Waals surface area contributed by atoms with E-state index in [2.05, 4.69) is 5.32 Å². The van der Waals surface area contributed by atoms with Crippen LogP contribution in [0.3, 0.4) is 0 Å². The SMILES string of the molecule is CS(=O)(=O)N(Cc1ccc(Cl)cc1)c1ccc(OCC(=O)NC(c2ccccc2)c2ccccc2)cc1. The minimum atomic E-state index is -3.54. The number of carbonyl (C=O) groups is 1. The van der Waals surface area contributed by atoms with E-state index in [1.165, 1.54) is 4.31 Å². The Morgan fingerprint density at radius 1 is 0.838 bits per heavy atom. The molecule has 0 radical (unpaired) electrons. The Morgan fingerprint density at radius 3 is 1.89 bits per heavy atom. The molecule has 0 heterocycles. The number of rotatable bonds is 10. The lowest BCUT2D eigenvalue weighted by Crippen LogP contribution is -2.33. The zero-order chi connectivity index (χ0) is 26.3. The van der Waals surface area contributed by atoms with Crippen molar-refractivity contribution in [3.8, 4) is 5.75 Å². The number of carbonyl (C=O) groups excluding carboxylic acids is 1. The fraction of sp³-hybridized carbons (Fsp3) is 0.138. The van der Waals surface area contributed by atoms with E-state index in [4.69, 9.17) is 16.3 Å². The smallest absolute Gasteiger partial charge is 0.258 e. The van der Waals surface area contributed by atoms with Crippen LogP contribution in [0.15, 0.2) is 109 Å². The number of sulfonamides is 1. The van der Waals surface area contributed by atoms with E-state index in [0.29, 0.717) is 16.5 Å². The highest BCUT2D eigenvalue weighted by molar-refractivity contribution is 7.92. The summed E-state index contributed by atoms with van der Waals surface area (Å²) in [6, 6.07) is 32.8. The first kappa shape index (κ1) is 26.3.